The molecule has 0 aliphatic heterocycles. The Bertz CT molecular complexity index is 484. The molecule has 0 heterocycles. The molecule has 1 atom stereocenters. The average molecular weight is 421 g/mol. The average Bonchev–Trinajstić information content (AvgIpc) is 2.37. The first-order valence-corrected chi connectivity index (χ1v) is 7.50. The van der Waals surface area contributed by atoms with Crippen LogP contribution in [0.3, 0.4) is 0 Å². The monoisotopic (exact) mass is 420 g/mol. The minimum atomic E-state index is -0.154. The Hall–Kier alpha value is -0.610. The SMILES string of the molecule is CCN(CC(C)C#N)C(=O)c1cc(Br)ccc1I. The fourth-order valence-corrected chi connectivity index (χ4v) is 2.49. The van der Waals surface area contributed by atoms with Gasteiger partial charge in [0.25, 0.3) is 5.91 Å². The number of nitrogens with zero attached hydrogens (tertiary/aromatic N) is 2. The van der Waals surface area contributed by atoms with Crippen molar-refractivity contribution in [3.8, 4) is 6.07 Å². The van der Waals surface area contributed by atoms with Crippen molar-refractivity contribution < 1.29 is 4.79 Å². The highest BCUT2D eigenvalue weighted by molar-refractivity contribution is 14.1. The molecule has 0 N–H and O–H groups in total. The Kier molecular flexibility index (Phi) is 6.09. The van der Waals surface area contributed by atoms with Crippen LogP contribution in [0.4, 0.5) is 0 Å². The van der Waals surface area contributed by atoms with E-state index in [4.69, 9.17) is 5.26 Å². The van der Waals surface area contributed by atoms with Crippen molar-refractivity contribution >= 4 is 44.4 Å². The molecule has 1 aromatic rings. The highest BCUT2D eigenvalue weighted by Gasteiger charge is 2.19. The summed E-state index contributed by atoms with van der Waals surface area (Å²) in [6.45, 7) is 4.82. The number of rotatable bonds is 4. The Morgan fingerprint density at radius 2 is 2.28 bits per heavy atom. The lowest BCUT2D eigenvalue weighted by Gasteiger charge is -2.22. The number of hydrogen-bond acceptors (Lipinski definition) is 2. The third kappa shape index (κ3) is 3.95. The number of carbonyl (C=O) groups is 1. The van der Waals surface area contributed by atoms with E-state index in [-0.39, 0.29) is 11.8 Å². The Morgan fingerprint density at radius 1 is 1.61 bits per heavy atom. The van der Waals surface area contributed by atoms with Crippen molar-refractivity contribution in [3.63, 3.8) is 0 Å². The third-order valence-electron chi connectivity index (χ3n) is 2.54. The standard InChI is InChI=1S/C13H14BrIN2O/c1-3-17(8-9(2)7-16)13(18)11-6-10(14)4-5-12(11)15/h4-6,9H,3,8H2,1-2H3. The smallest absolute Gasteiger partial charge is 0.254 e. The van der Waals surface area contributed by atoms with E-state index in [0.29, 0.717) is 18.7 Å². The van der Waals surface area contributed by atoms with Gasteiger partial charge < -0.3 is 4.90 Å². The highest BCUT2D eigenvalue weighted by atomic mass is 127. The molecule has 0 spiro atoms. The molecule has 0 aliphatic rings. The first kappa shape index (κ1) is 15.4. The van der Waals surface area contributed by atoms with Gasteiger partial charge in [-0.2, -0.15) is 5.26 Å². The number of amides is 1. The summed E-state index contributed by atoms with van der Waals surface area (Å²) in [5, 5.41) is 8.83. The van der Waals surface area contributed by atoms with Crippen molar-refractivity contribution in [2.24, 2.45) is 5.92 Å². The third-order valence-corrected chi connectivity index (χ3v) is 3.98. The maximum absolute atomic E-state index is 12.4. The molecule has 5 heteroatoms. The molecule has 0 saturated heterocycles. The molecule has 1 amide bonds. The van der Waals surface area contributed by atoms with E-state index in [9.17, 15) is 4.79 Å². The molecule has 0 radical (unpaired) electrons. The predicted octanol–water partition coefficient (Wildman–Crippen LogP) is 3.68. The molecular formula is C13H14BrIN2O. The summed E-state index contributed by atoms with van der Waals surface area (Å²) in [6, 6.07) is 7.79. The number of carbonyl (C=O) groups excluding carboxylic acids is 1. The Labute approximate surface area is 129 Å². The van der Waals surface area contributed by atoms with Crippen LogP contribution in [-0.4, -0.2) is 23.9 Å². The lowest BCUT2D eigenvalue weighted by Crippen LogP contribution is -2.34. The van der Waals surface area contributed by atoms with Gasteiger partial charge in [0.2, 0.25) is 0 Å². The molecule has 3 nitrogen and oxygen atoms in total. The zero-order chi connectivity index (χ0) is 13.7. The number of halogens is 2. The lowest BCUT2D eigenvalue weighted by atomic mass is 10.1. The van der Waals surface area contributed by atoms with Gasteiger partial charge in [-0.25, -0.2) is 0 Å². The quantitative estimate of drug-likeness (QED) is 0.697. The van der Waals surface area contributed by atoms with E-state index in [1.807, 2.05) is 32.0 Å². The zero-order valence-corrected chi connectivity index (χ0v) is 14.0. The number of hydrogen-bond donors (Lipinski definition) is 0. The maximum Gasteiger partial charge on any atom is 0.254 e. The van der Waals surface area contributed by atoms with Gasteiger partial charge in [-0.05, 0) is 54.6 Å². The second kappa shape index (κ2) is 7.10. The minimum absolute atomic E-state index is 0.0229. The van der Waals surface area contributed by atoms with Crippen LogP contribution >= 0.6 is 38.5 Å². The number of benzene rings is 1. The van der Waals surface area contributed by atoms with Crippen molar-refractivity contribution in [1.82, 2.24) is 4.90 Å². The molecule has 96 valence electrons. The van der Waals surface area contributed by atoms with Crippen molar-refractivity contribution in [1.29, 1.82) is 5.26 Å². The van der Waals surface area contributed by atoms with E-state index >= 15 is 0 Å². The molecule has 0 aromatic heterocycles. The van der Waals surface area contributed by atoms with E-state index in [1.165, 1.54) is 0 Å². The fourth-order valence-electron chi connectivity index (χ4n) is 1.56. The first-order chi connectivity index (χ1) is 8.49. The normalized spacial score (nSPS) is 11.7. The summed E-state index contributed by atoms with van der Waals surface area (Å²) in [5.74, 6) is -0.177. The van der Waals surface area contributed by atoms with Crippen LogP contribution in [-0.2, 0) is 0 Å². The van der Waals surface area contributed by atoms with Gasteiger partial charge in [0.1, 0.15) is 0 Å². The van der Waals surface area contributed by atoms with Crippen LogP contribution < -0.4 is 0 Å². The molecule has 1 rings (SSSR count). The molecule has 0 fully saturated rings. The molecular weight excluding hydrogens is 407 g/mol. The minimum Gasteiger partial charge on any atom is -0.338 e. The lowest BCUT2D eigenvalue weighted by molar-refractivity contribution is 0.0751. The first-order valence-electron chi connectivity index (χ1n) is 5.63. The fraction of sp³-hybridized carbons (Fsp3) is 0.385. The zero-order valence-electron chi connectivity index (χ0n) is 10.3. The predicted molar refractivity (Wildman–Crippen MR) is 83.2 cm³/mol. The van der Waals surface area contributed by atoms with Gasteiger partial charge in [-0.15, -0.1) is 0 Å². The summed E-state index contributed by atoms with van der Waals surface area (Å²) in [4.78, 5) is 14.1. The maximum atomic E-state index is 12.4. The topological polar surface area (TPSA) is 44.1 Å². The summed E-state index contributed by atoms with van der Waals surface area (Å²) in [7, 11) is 0. The van der Waals surface area contributed by atoms with Gasteiger partial charge in [-0.3, -0.25) is 4.79 Å². The van der Waals surface area contributed by atoms with Crippen LogP contribution in [0.5, 0.6) is 0 Å². The van der Waals surface area contributed by atoms with Gasteiger partial charge in [-0.1, -0.05) is 15.9 Å². The van der Waals surface area contributed by atoms with Gasteiger partial charge in [0, 0.05) is 21.1 Å². The van der Waals surface area contributed by atoms with E-state index in [1.54, 1.807) is 4.90 Å². The van der Waals surface area contributed by atoms with Crippen LogP contribution in [0.1, 0.15) is 24.2 Å². The van der Waals surface area contributed by atoms with E-state index in [0.717, 1.165) is 8.04 Å². The molecule has 1 unspecified atom stereocenters. The van der Waals surface area contributed by atoms with Gasteiger partial charge >= 0.3 is 0 Å². The van der Waals surface area contributed by atoms with Gasteiger partial charge in [0.15, 0.2) is 0 Å². The van der Waals surface area contributed by atoms with Crippen molar-refractivity contribution in [3.05, 3.63) is 31.8 Å². The summed E-state index contributed by atoms with van der Waals surface area (Å²) in [5.41, 5.74) is 0.678. The molecule has 0 saturated carbocycles. The second-order valence-corrected chi connectivity index (χ2v) is 6.08. The van der Waals surface area contributed by atoms with Crippen LogP contribution in [0.2, 0.25) is 0 Å². The molecule has 0 aliphatic carbocycles. The summed E-state index contributed by atoms with van der Waals surface area (Å²) < 4.78 is 1.81. The molecule has 18 heavy (non-hydrogen) atoms. The van der Waals surface area contributed by atoms with Crippen molar-refractivity contribution in [2.45, 2.75) is 13.8 Å². The van der Waals surface area contributed by atoms with E-state index in [2.05, 4.69) is 44.6 Å². The Morgan fingerprint density at radius 3 is 2.83 bits per heavy atom. The second-order valence-electron chi connectivity index (χ2n) is 4.00. The molecule has 1 aromatic carbocycles. The van der Waals surface area contributed by atoms with E-state index < -0.39 is 0 Å². The summed E-state index contributed by atoms with van der Waals surface area (Å²) >= 11 is 5.53. The summed E-state index contributed by atoms with van der Waals surface area (Å²) in [6.07, 6.45) is 0. The number of nitriles is 1. The van der Waals surface area contributed by atoms with Gasteiger partial charge in [0.05, 0.1) is 17.6 Å². The van der Waals surface area contributed by atoms with Crippen LogP contribution in [0.15, 0.2) is 22.7 Å². The highest BCUT2D eigenvalue weighted by Crippen LogP contribution is 2.20. The van der Waals surface area contributed by atoms with Crippen LogP contribution in [0, 0.1) is 20.8 Å². The molecule has 0 bridgehead atoms. The Balaban J connectivity index is 2.97. The van der Waals surface area contributed by atoms with Crippen molar-refractivity contribution in [2.75, 3.05) is 13.1 Å². The largest absolute Gasteiger partial charge is 0.338 e. The van der Waals surface area contributed by atoms with Crippen LogP contribution in [0.25, 0.3) is 0 Å².